The van der Waals surface area contributed by atoms with Crippen LogP contribution in [0.2, 0.25) is 0 Å². The van der Waals surface area contributed by atoms with Crippen LogP contribution in [0.3, 0.4) is 0 Å². The monoisotopic (exact) mass is 298 g/mol. The lowest BCUT2D eigenvalue weighted by molar-refractivity contribution is 0.350. The first-order valence-electron chi connectivity index (χ1n) is 7.14. The number of hydrogen-bond donors (Lipinski definition) is 2. The smallest absolute Gasteiger partial charge is 0.240 e. The van der Waals surface area contributed by atoms with Crippen molar-refractivity contribution >= 4 is 15.7 Å². The molecule has 1 aromatic carbocycles. The van der Waals surface area contributed by atoms with Crippen molar-refractivity contribution in [2.75, 3.05) is 18.4 Å². The number of nitrogens with one attached hydrogen (secondary N) is 2. The van der Waals surface area contributed by atoms with E-state index in [4.69, 9.17) is 0 Å². The molecule has 1 aromatic rings. The highest BCUT2D eigenvalue weighted by molar-refractivity contribution is 7.89. The molecule has 0 aliphatic rings. The highest BCUT2D eigenvalue weighted by Crippen LogP contribution is 2.20. The number of sulfonamides is 1. The van der Waals surface area contributed by atoms with E-state index in [0.717, 1.165) is 25.1 Å². The third-order valence-corrected chi connectivity index (χ3v) is 4.86. The van der Waals surface area contributed by atoms with Crippen LogP contribution in [0.25, 0.3) is 0 Å². The minimum Gasteiger partial charge on any atom is -0.385 e. The molecule has 0 fully saturated rings. The van der Waals surface area contributed by atoms with E-state index < -0.39 is 10.0 Å². The van der Waals surface area contributed by atoms with Gasteiger partial charge in [-0.2, -0.15) is 0 Å². The molecule has 1 rings (SSSR count). The molecule has 0 radical (unpaired) electrons. The maximum Gasteiger partial charge on any atom is 0.240 e. The summed E-state index contributed by atoms with van der Waals surface area (Å²) in [6.07, 6.45) is 1.96. The number of anilines is 1. The van der Waals surface area contributed by atoms with Crippen LogP contribution in [0, 0.1) is 5.41 Å². The molecule has 0 aromatic heterocycles. The lowest BCUT2D eigenvalue weighted by atomic mass is 9.91. The fraction of sp³-hybridized carbons (Fsp3) is 0.600. The Labute approximate surface area is 123 Å². The number of hydrogen-bond acceptors (Lipinski definition) is 3. The summed E-state index contributed by atoms with van der Waals surface area (Å²) in [6, 6.07) is 6.88. The van der Waals surface area contributed by atoms with Gasteiger partial charge in [0.25, 0.3) is 0 Å². The van der Waals surface area contributed by atoms with Crippen LogP contribution in [-0.2, 0) is 10.0 Å². The Morgan fingerprint density at radius 1 is 1.10 bits per heavy atom. The van der Waals surface area contributed by atoms with Crippen LogP contribution in [0.15, 0.2) is 29.2 Å². The Morgan fingerprint density at radius 2 is 1.70 bits per heavy atom. The average molecular weight is 298 g/mol. The lowest BCUT2D eigenvalue weighted by Crippen LogP contribution is -2.33. The van der Waals surface area contributed by atoms with E-state index in [0.29, 0.717) is 11.4 Å². The van der Waals surface area contributed by atoms with Crippen LogP contribution in [-0.4, -0.2) is 21.5 Å². The van der Waals surface area contributed by atoms with Crippen LogP contribution >= 0.6 is 0 Å². The van der Waals surface area contributed by atoms with Gasteiger partial charge in [-0.05, 0) is 42.5 Å². The third kappa shape index (κ3) is 5.13. The molecular formula is C15H26N2O2S. The standard InChI is InChI=1S/C15H26N2O2S/c1-5-11-16-13-7-9-14(10-8-13)20(18,19)17-12-15(3,4)6-2/h7-10,16-17H,5-6,11-12H2,1-4H3. The second-order valence-electron chi connectivity index (χ2n) is 5.79. The van der Waals surface area contributed by atoms with Gasteiger partial charge in [-0.25, -0.2) is 13.1 Å². The van der Waals surface area contributed by atoms with Crippen LogP contribution in [0.5, 0.6) is 0 Å². The van der Waals surface area contributed by atoms with Gasteiger partial charge in [0.2, 0.25) is 10.0 Å². The Morgan fingerprint density at radius 3 is 2.20 bits per heavy atom. The van der Waals surface area contributed by atoms with Crippen molar-refractivity contribution in [3.8, 4) is 0 Å². The van der Waals surface area contributed by atoms with Gasteiger partial charge >= 0.3 is 0 Å². The molecule has 0 unspecified atom stereocenters. The maximum atomic E-state index is 12.2. The molecule has 4 nitrogen and oxygen atoms in total. The van der Waals surface area contributed by atoms with Crippen LogP contribution < -0.4 is 10.0 Å². The molecular weight excluding hydrogens is 272 g/mol. The maximum absolute atomic E-state index is 12.2. The van der Waals surface area contributed by atoms with E-state index in [2.05, 4.69) is 23.9 Å². The molecule has 0 saturated carbocycles. The van der Waals surface area contributed by atoms with Crippen molar-refractivity contribution < 1.29 is 8.42 Å². The molecule has 0 spiro atoms. The number of benzene rings is 1. The topological polar surface area (TPSA) is 58.2 Å². The van der Waals surface area contributed by atoms with Gasteiger partial charge in [0.05, 0.1) is 4.90 Å². The Hall–Kier alpha value is -1.07. The second kappa shape index (κ2) is 7.09. The predicted molar refractivity (Wildman–Crippen MR) is 84.5 cm³/mol. The molecule has 114 valence electrons. The van der Waals surface area contributed by atoms with Gasteiger partial charge in [0, 0.05) is 18.8 Å². The SMILES string of the molecule is CCCNc1ccc(S(=O)(=O)NCC(C)(C)CC)cc1. The summed E-state index contributed by atoms with van der Waals surface area (Å²) in [4.78, 5) is 0.312. The van der Waals surface area contributed by atoms with Crippen molar-refractivity contribution in [3.63, 3.8) is 0 Å². The highest BCUT2D eigenvalue weighted by atomic mass is 32.2. The van der Waals surface area contributed by atoms with Gasteiger partial charge in [-0.15, -0.1) is 0 Å². The molecule has 0 aliphatic heterocycles. The van der Waals surface area contributed by atoms with E-state index in [1.54, 1.807) is 24.3 Å². The van der Waals surface area contributed by atoms with Crippen molar-refractivity contribution in [2.24, 2.45) is 5.41 Å². The zero-order valence-electron chi connectivity index (χ0n) is 12.9. The first kappa shape index (κ1) is 17.0. The summed E-state index contributed by atoms with van der Waals surface area (Å²) < 4.78 is 27.1. The molecule has 0 heterocycles. The molecule has 5 heteroatoms. The van der Waals surface area contributed by atoms with E-state index in [9.17, 15) is 8.42 Å². The van der Waals surface area contributed by atoms with Gasteiger partial charge < -0.3 is 5.32 Å². The first-order chi connectivity index (χ1) is 9.30. The van der Waals surface area contributed by atoms with Gasteiger partial charge in [-0.3, -0.25) is 0 Å². The molecule has 0 bridgehead atoms. The summed E-state index contributed by atoms with van der Waals surface area (Å²) in [6.45, 7) is 9.57. The molecule has 0 atom stereocenters. The molecule has 0 amide bonds. The minimum absolute atomic E-state index is 0.0321. The Kier molecular flexibility index (Phi) is 6.02. The van der Waals surface area contributed by atoms with Crippen LogP contribution in [0.1, 0.15) is 40.5 Å². The van der Waals surface area contributed by atoms with Gasteiger partial charge in [-0.1, -0.05) is 27.7 Å². The molecule has 0 saturated heterocycles. The fourth-order valence-corrected chi connectivity index (χ4v) is 2.76. The molecule has 2 N–H and O–H groups in total. The second-order valence-corrected chi connectivity index (χ2v) is 7.56. The average Bonchev–Trinajstić information content (AvgIpc) is 2.44. The predicted octanol–water partition coefficient (Wildman–Crippen LogP) is 3.22. The minimum atomic E-state index is -3.42. The number of rotatable bonds is 8. The lowest BCUT2D eigenvalue weighted by Gasteiger charge is -2.22. The van der Waals surface area contributed by atoms with E-state index in [1.165, 1.54) is 0 Å². The molecule has 20 heavy (non-hydrogen) atoms. The summed E-state index contributed by atoms with van der Waals surface area (Å²) in [5.74, 6) is 0. The normalized spacial score (nSPS) is 12.4. The highest BCUT2D eigenvalue weighted by Gasteiger charge is 2.20. The van der Waals surface area contributed by atoms with E-state index >= 15 is 0 Å². The first-order valence-corrected chi connectivity index (χ1v) is 8.62. The van der Waals surface area contributed by atoms with Crippen molar-refractivity contribution in [3.05, 3.63) is 24.3 Å². The summed E-state index contributed by atoms with van der Waals surface area (Å²) in [5.41, 5.74) is 0.912. The quantitative estimate of drug-likeness (QED) is 0.774. The fourth-order valence-electron chi connectivity index (χ4n) is 1.52. The van der Waals surface area contributed by atoms with Crippen molar-refractivity contribution in [1.82, 2.24) is 4.72 Å². The van der Waals surface area contributed by atoms with Crippen molar-refractivity contribution in [2.45, 2.75) is 45.4 Å². The Bertz CT molecular complexity index is 507. The van der Waals surface area contributed by atoms with Gasteiger partial charge in [0.15, 0.2) is 0 Å². The largest absolute Gasteiger partial charge is 0.385 e. The van der Waals surface area contributed by atoms with E-state index in [1.807, 2.05) is 13.8 Å². The zero-order valence-corrected chi connectivity index (χ0v) is 13.7. The zero-order chi connectivity index (χ0) is 15.2. The third-order valence-electron chi connectivity index (χ3n) is 3.44. The summed E-state index contributed by atoms with van der Waals surface area (Å²) in [5, 5.41) is 3.22. The van der Waals surface area contributed by atoms with Gasteiger partial charge in [0.1, 0.15) is 0 Å². The van der Waals surface area contributed by atoms with Crippen molar-refractivity contribution in [1.29, 1.82) is 0 Å². The summed E-state index contributed by atoms with van der Waals surface area (Å²) >= 11 is 0. The van der Waals surface area contributed by atoms with E-state index in [-0.39, 0.29) is 5.41 Å². The molecule has 0 aliphatic carbocycles. The summed E-state index contributed by atoms with van der Waals surface area (Å²) in [7, 11) is -3.42. The Balaban J connectivity index is 2.73. The van der Waals surface area contributed by atoms with Crippen LogP contribution in [0.4, 0.5) is 5.69 Å².